The number of aryl methyl sites for hydroxylation is 1. The molecule has 2 N–H and O–H groups in total. The minimum atomic E-state index is -0.390. The third-order valence-electron chi connectivity index (χ3n) is 2.28. The normalized spacial score (nSPS) is 10.4. The zero-order valence-electron chi connectivity index (χ0n) is 9.41. The maximum atomic E-state index is 10.5. The van der Waals surface area contributed by atoms with Crippen LogP contribution in [0.2, 0.25) is 0 Å². The molecule has 0 aliphatic heterocycles. The largest absolute Gasteiger partial charge is 0.375 e. The number of nitrogens with zero attached hydrogens (tertiary/aromatic N) is 2. The topological polar surface area (TPSA) is 82.0 Å². The predicted octanol–water partition coefficient (Wildman–Crippen LogP) is 2.97. The first-order chi connectivity index (χ1) is 8.65. The summed E-state index contributed by atoms with van der Waals surface area (Å²) < 4.78 is 1.09. The third-order valence-corrected chi connectivity index (χ3v) is 4.31. The van der Waals surface area contributed by atoms with E-state index in [1.54, 1.807) is 30.1 Å². The van der Waals surface area contributed by atoms with E-state index in [0.29, 0.717) is 5.13 Å². The number of hydrogen-bond acceptors (Lipinski definition) is 6. The molecule has 0 aliphatic rings. The van der Waals surface area contributed by atoms with E-state index in [9.17, 15) is 10.1 Å². The fourth-order valence-electron chi connectivity index (χ4n) is 1.39. The Morgan fingerprint density at radius 2 is 2.11 bits per heavy atom. The number of rotatable bonds is 5. The van der Waals surface area contributed by atoms with E-state index in [0.717, 1.165) is 21.9 Å². The van der Waals surface area contributed by atoms with Gasteiger partial charge < -0.3 is 5.73 Å². The van der Waals surface area contributed by atoms with E-state index in [2.05, 4.69) is 4.98 Å². The summed E-state index contributed by atoms with van der Waals surface area (Å²) in [7, 11) is 0. The number of thioether (sulfide) groups is 1. The second kappa shape index (κ2) is 5.83. The fraction of sp³-hybridized carbons (Fsp3) is 0.182. The highest BCUT2D eigenvalue weighted by Gasteiger charge is 2.04. The number of hydrogen-bond donors (Lipinski definition) is 1. The first-order valence-electron chi connectivity index (χ1n) is 5.22. The van der Waals surface area contributed by atoms with Crippen LogP contribution < -0.4 is 5.73 Å². The van der Waals surface area contributed by atoms with Crippen LogP contribution in [0.5, 0.6) is 0 Å². The second-order valence-corrected chi connectivity index (χ2v) is 6.00. The molecular formula is C11H11N3O2S2. The number of nitrogens with two attached hydrogens (primary N) is 1. The maximum absolute atomic E-state index is 10.5. The second-order valence-electron chi connectivity index (χ2n) is 3.54. The number of anilines is 1. The Balaban J connectivity index is 1.85. The van der Waals surface area contributed by atoms with Crippen LogP contribution in [0.4, 0.5) is 10.8 Å². The predicted molar refractivity (Wildman–Crippen MR) is 74.1 cm³/mol. The summed E-state index contributed by atoms with van der Waals surface area (Å²) >= 11 is 3.16. The number of non-ortho nitro benzene ring substituents is 1. The lowest BCUT2D eigenvalue weighted by Crippen LogP contribution is -1.90. The SMILES string of the molecule is Nc1ncc(SCCc2ccc([N+](=O)[O-])cc2)s1. The Labute approximate surface area is 112 Å². The maximum Gasteiger partial charge on any atom is 0.269 e. The van der Waals surface area contributed by atoms with Gasteiger partial charge in [0.2, 0.25) is 0 Å². The van der Waals surface area contributed by atoms with Crippen LogP contribution in [-0.2, 0) is 6.42 Å². The number of nitro groups is 1. The molecule has 0 spiro atoms. The molecule has 0 aliphatic carbocycles. The summed E-state index contributed by atoms with van der Waals surface area (Å²) in [5.41, 5.74) is 6.75. The van der Waals surface area contributed by atoms with Crippen molar-refractivity contribution < 1.29 is 4.92 Å². The molecule has 0 amide bonds. The number of nitrogen functional groups attached to an aromatic ring is 1. The van der Waals surface area contributed by atoms with Gasteiger partial charge in [0.25, 0.3) is 5.69 Å². The Morgan fingerprint density at radius 3 is 2.67 bits per heavy atom. The van der Waals surface area contributed by atoms with Gasteiger partial charge in [-0.2, -0.15) is 0 Å². The fourth-order valence-corrected chi connectivity index (χ4v) is 3.22. The highest BCUT2D eigenvalue weighted by Crippen LogP contribution is 2.27. The molecule has 0 unspecified atom stereocenters. The van der Waals surface area contributed by atoms with Gasteiger partial charge in [0.1, 0.15) is 0 Å². The van der Waals surface area contributed by atoms with Crippen LogP contribution >= 0.6 is 23.1 Å². The number of benzene rings is 1. The molecule has 1 aromatic carbocycles. The molecule has 0 fully saturated rings. The molecule has 18 heavy (non-hydrogen) atoms. The molecule has 2 aromatic rings. The molecule has 1 heterocycles. The number of nitro benzene ring substituents is 1. The van der Waals surface area contributed by atoms with Gasteiger partial charge >= 0.3 is 0 Å². The number of aromatic nitrogens is 1. The standard InChI is InChI=1S/C11H11N3O2S2/c12-11-13-7-10(18-11)17-6-5-8-1-3-9(4-2-8)14(15)16/h1-4,7H,5-6H2,(H2,12,13). The van der Waals surface area contributed by atoms with Gasteiger partial charge in [-0.1, -0.05) is 23.5 Å². The lowest BCUT2D eigenvalue weighted by molar-refractivity contribution is -0.384. The van der Waals surface area contributed by atoms with Gasteiger partial charge in [0, 0.05) is 17.9 Å². The van der Waals surface area contributed by atoms with Crippen LogP contribution in [0, 0.1) is 10.1 Å². The molecule has 0 saturated carbocycles. The summed E-state index contributed by atoms with van der Waals surface area (Å²) in [6.07, 6.45) is 2.63. The van der Waals surface area contributed by atoms with Crippen molar-refractivity contribution >= 4 is 33.9 Å². The van der Waals surface area contributed by atoms with Gasteiger partial charge in [-0.25, -0.2) is 4.98 Å². The zero-order valence-corrected chi connectivity index (χ0v) is 11.0. The van der Waals surface area contributed by atoms with Gasteiger partial charge in [-0.3, -0.25) is 10.1 Å². The van der Waals surface area contributed by atoms with E-state index in [1.807, 2.05) is 0 Å². The van der Waals surface area contributed by atoms with Crippen molar-refractivity contribution in [3.8, 4) is 0 Å². The van der Waals surface area contributed by atoms with Crippen LogP contribution in [0.25, 0.3) is 0 Å². The molecular weight excluding hydrogens is 270 g/mol. The van der Waals surface area contributed by atoms with E-state index in [-0.39, 0.29) is 5.69 Å². The van der Waals surface area contributed by atoms with Crippen molar-refractivity contribution in [1.82, 2.24) is 4.98 Å². The van der Waals surface area contributed by atoms with Crippen molar-refractivity contribution in [3.63, 3.8) is 0 Å². The summed E-state index contributed by atoms with van der Waals surface area (Å²) in [6.45, 7) is 0. The van der Waals surface area contributed by atoms with Crippen molar-refractivity contribution in [2.24, 2.45) is 0 Å². The first-order valence-corrected chi connectivity index (χ1v) is 7.03. The van der Waals surface area contributed by atoms with Gasteiger partial charge in [0.15, 0.2) is 5.13 Å². The summed E-state index contributed by atoms with van der Waals surface area (Å²) in [6, 6.07) is 6.65. The lowest BCUT2D eigenvalue weighted by Gasteiger charge is -1.99. The van der Waals surface area contributed by atoms with Crippen molar-refractivity contribution in [1.29, 1.82) is 0 Å². The molecule has 94 valence electrons. The lowest BCUT2D eigenvalue weighted by atomic mass is 10.1. The average Bonchev–Trinajstić information content (AvgIpc) is 2.76. The Morgan fingerprint density at radius 1 is 1.39 bits per heavy atom. The summed E-state index contributed by atoms with van der Waals surface area (Å²) in [5, 5.41) is 11.1. The molecule has 5 nitrogen and oxygen atoms in total. The average molecular weight is 281 g/mol. The Hall–Kier alpha value is -1.60. The minimum absolute atomic E-state index is 0.127. The van der Waals surface area contributed by atoms with Crippen LogP contribution in [-0.4, -0.2) is 15.7 Å². The first kappa shape index (κ1) is 12.8. The highest BCUT2D eigenvalue weighted by atomic mass is 32.2. The van der Waals surface area contributed by atoms with Crippen molar-refractivity contribution in [2.45, 2.75) is 10.6 Å². The molecule has 0 atom stereocenters. The number of thiazole rings is 1. The summed E-state index contributed by atoms with van der Waals surface area (Å²) in [5.74, 6) is 0.902. The minimum Gasteiger partial charge on any atom is -0.375 e. The van der Waals surface area contributed by atoms with Crippen LogP contribution in [0.15, 0.2) is 34.7 Å². The van der Waals surface area contributed by atoms with Gasteiger partial charge in [-0.05, 0) is 12.0 Å². The molecule has 7 heteroatoms. The van der Waals surface area contributed by atoms with Crippen molar-refractivity contribution in [2.75, 3.05) is 11.5 Å². The van der Waals surface area contributed by atoms with Gasteiger partial charge in [-0.15, -0.1) is 11.8 Å². The Bertz CT molecular complexity index is 539. The monoisotopic (exact) mass is 281 g/mol. The van der Waals surface area contributed by atoms with E-state index in [1.165, 1.54) is 23.5 Å². The van der Waals surface area contributed by atoms with Crippen LogP contribution in [0.1, 0.15) is 5.56 Å². The zero-order chi connectivity index (χ0) is 13.0. The summed E-state index contributed by atoms with van der Waals surface area (Å²) in [4.78, 5) is 14.1. The van der Waals surface area contributed by atoms with Crippen molar-refractivity contribution in [3.05, 3.63) is 46.1 Å². The third kappa shape index (κ3) is 3.44. The van der Waals surface area contributed by atoms with E-state index < -0.39 is 4.92 Å². The molecule has 1 aromatic heterocycles. The van der Waals surface area contributed by atoms with E-state index in [4.69, 9.17) is 5.73 Å². The van der Waals surface area contributed by atoms with E-state index >= 15 is 0 Å². The highest BCUT2D eigenvalue weighted by molar-refractivity contribution is 8.01. The molecule has 0 bridgehead atoms. The molecule has 0 saturated heterocycles. The smallest absolute Gasteiger partial charge is 0.269 e. The quantitative estimate of drug-likeness (QED) is 0.517. The van der Waals surface area contributed by atoms with Crippen LogP contribution in [0.3, 0.4) is 0 Å². The Kier molecular flexibility index (Phi) is 4.16. The molecule has 2 rings (SSSR count). The van der Waals surface area contributed by atoms with Gasteiger partial charge in [0.05, 0.1) is 15.3 Å². The molecule has 0 radical (unpaired) electrons.